The molecular weight excluding hydrogens is 363 g/mol. The van der Waals surface area contributed by atoms with Crippen LogP contribution in [0.3, 0.4) is 0 Å². The van der Waals surface area contributed by atoms with Gasteiger partial charge < -0.3 is 5.32 Å². The average Bonchev–Trinajstić information content (AvgIpc) is 2.66. The standard InChI is InChI=1S/C24H29FN4/c1-16(2)27-14-20(6)29-24(11-17(3)10-18(4)13-26)21(7)28-15-22-8-9-23(25)19(5)12-22/h8-9,11-12,14,28H,4,7,10,15H2,1-3,5-6H3/b17-11+,20-14+,29-24+. The van der Waals surface area contributed by atoms with E-state index >= 15 is 0 Å². The molecule has 0 aliphatic carbocycles. The van der Waals surface area contributed by atoms with Crippen LogP contribution in [0.4, 0.5) is 4.39 Å². The lowest BCUT2D eigenvalue weighted by Gasteiger charge is -2.12. The third kappa shape index (κ3) is 8.98. The van der Waals surface area contributed by atoms with Crippen LogP contribution < -0.4 is 5.32 Å². The van der Waals surface area contributed by atoms with Crippen LogP contribution in [-0.2, 0) is 6.54 Å². The number of nitriles is 1. The van der Waals surface area contributed by atoms with Crippen molar-refractivity contribution < 1.29 is 4.39 Å². The second kappa shape index (κ2) is 11.6. The van der Waals surface area contributed by atoms with Crippen molar-refractivity contribution in [2.45, 2.75) is 47.6 Å². The van der Waals surface area contributed by atoms with Gasteiger partial charge in [0.2, 0.25) is 0 Å². The molecule has 0 radical (unpaired) electrons. The molecule has 0 heterocycles. The van der Waals surface area contributed by atoms with Crippen molar-refractivity contribution in [2.24, 2.45) is 9.98 Å². The Morgan fingerprint density at radius 1 is 1.24 bits per heavy atom. The molecule has 1 aromatic rings. The van der Waals surface area contributed by atoms with E-state index in [1.54, 1.807) is 25.3 Å². The third-order valence-corrected chi connectivity index (χ3v) is 3.88. The van der Waals surface area contributed by atoms with Gasteiger partial charge in [0.05, 0.1) is 23.2 Å². The Balaban J connectivity index is 3.09. The molecule has 152 valence electrons. The first-order valence-corrected chi connectivity index (χ1v) is 9.32. The van der Waals surface area contributed by atoms with Gasteiger partial charge in [0.1, 0.15) is 5.82 Å². The maximum absolute atomic E-state index is 13.5. The summed E-state index contributed by atoms with van der Waals surface area (Å²) in [4.78, 5) is 8.90. The molecule has 0 aromatic heterocycles. The summed E-state index contributed by atoms with van der Waals surface area (Å²) in [5, 5.41) is 12.2. The van der Waals surface area contributed by atoms with Gasteiger partial charge in [0, 0.05) is 30.5 Å². The van der Waals surface area contributed by atoms with Crippen molar-refractivity contribution in [3.05, 3.63) is 83.1 Å². The maximum Gasteiger partial charge on any atom is 0.126 e. The molecule has 0 bridgehead atoms. The van der Waals surface area contributed by atoms with Gasteiger partial charge in [-0.1, -0.05) is 30.9 Å². The van der Waals surface area contributed by atoms with E-state index in [4.69, 9.17) is 5.26 Å². The summed E-state index contributed by atoms with van der Waals surface area (Å²) in [6.45, 7) is 17.7. The predicted octanol–water partition coefficient (Wildman–Crippen LogP) is 5.94. The number of rotatable bonds is 9. The van der Waals surface area contributed by atoms with Gasteiger partial charge in [-0.05, 0) is 57.9 Å². The van der Waals surface area contributed by atoms with Gasteiger partial charge in [-0.25, -0.2) is 4.39 Å². The minimum Gasteiger partial charge on any atom is -0.380 e. The monoisotopic (exact) mass is 392 g/mol. The van der Waals surface area contributed by atoms with Gasteiger partial charge in [0.15, 0.2) is 0 Å². The molecular formula is C24H29FN4. The number of aliphatic imine (C=N–C) groups is 2. The molecule has 29 heavy (non-hydrogen) atoms. The van der Waals surface area contributed by atoms with E-state index in [1.807, 2.05) is 33.8 Å². The quantitative estimate of drug-likeness (QED) is 0.418. The van der Waals surface area contributed by atoms with Gasteiger partial charge in [0.25, 0.3) is 0 Å². The summed E-state index contributed by atoms with van der Waals surface area (Å²) in [7, 11) is 0. The number of hydrogen-bond acceptors (Lipinski definition) is 4. The number of aryl methyl sites for hydroxylation is 1. The Labute approximate surface area is 173 Å². The van der Waals surface area contributed by atoms with Crippen molar-refractivity contribution in [3.63, 3.8) is 0 Å². The van der Waals surface area contributed by atoms with Gasteiger partial charge in [-0.2, -0.15) is 5.26 Å². The second-order valence-corrected chi connectivity index (χ2v) is 7.14. The molecule has 0 amide bonds. The fourth-order valence-electron chi connectivity index (χ4n) is 2.40. The van der Waals surface area contributed by atoms with Crippen LogP contribution in [0, 0.1) is 24.1 Å². The van der Waals surface area contributed by atoms with Crippen molar-refractivity contribution in [2.75, 3.05) is 0 Å². The fraction of sp³-hybridized carbons (Fsp3) is 0.292. The van der Waals surface area contributed by atoms with Crippen LogP contribution in [0.5, 0.6) is 0 Å². The Kier molecular flexibility index (Phi) is 9.47. The second-order valence-electron chi connectivity index (χ2n) is 7.14. The van der Waals surface area contributed by atoms with E-state index < -0.39 is 0 Å². The van der Waals surface area contributed by atoms with Gasteiger partial charge >= 0.3 is 0 Å². The lowest BCUT2D eigenvalue weighted by molar-refractivity contribution is 0.617. The molecule has 0 fully saturated rings. The molecule has 1 aromatic carbocycles. The first-order chi connectivity index (χ1) is 13.6. The number of nitrogens with one attached hydrogen (secondary N) is 1. The maximum atomic E-state index is 13.5. The number of nitrogens with zero attached hydrogens (tertiary/aromatic N) is 3. The zero-order chi connectivity index (χ0) is 22.0. The van der Waals surface area contributed by atoms with Crippen molar-refractivity contribution in [1.82, 2.24) is 5.32 Å². The van der Waals surface area contributed by atoms with Crippen molar-refractivity contribution in [3.8, 4) is 6.07 Å². The van der Waals surface area contributed by atoms with E-state index in [0.29, 0.717) is 35.5 Å². The zero-order valence-electron chi connectivity index (χ0n) is 17.9. The lowest BCUT2D eigenvalue weighted by Crippen LogP contribution is -2.18. The highest BCUT2D eigenvalue weighted by Crippen LogP contribution is 2.13. The number of allylic oxidation sites excluding steroid dienone is 4. The van der Waals surface area contributed by atoms with Gasteiger partial charge in [-0.3, -0.25) is 9.98 Å². The highest BCUT2D eigenvalue weighted by atomic mass is 19.1. The Bertz CT molecular complexity index is 936. The summed E-state index contributed by atoms with van der Waals surface area (Å²) < 4.78 is 13.5. The molecule has 1 N–H and O–H groups in total. The molecule has 0 aliphatic rings. The summed E-state index contributed by atoms with van der Waals surface area (Å²) >= 11 is 0. The number of hydrogen-bond donors (Lipinski definition) is 1. The number of benzene rings is 1. The molecule has 0 unspecified atom stereocenters. The fourth-order valence-corrected chi connectivity index (χ4v) is 2.40. The minimum absolute atomic E-state index is 0.223. The highest BCUT2D eigenvalue weighted by Gasteiger charge is 2.06. The summed E-state index contributed by atoms with van der Waals surface area (Å²) in [5.74, 6) is -0.223. The van der Waals surface area contributed by atoms with Crippen LogP contribution in [0.2, 0.25) is 0 Å². The molecule has 5 heteroatoms. The van der Waals surface area contributed by atoms with Crippen LogP contribution in [0.25, 0.3) is 0 Å². The molecule has 0 atom stereocenters. The Morgan fingerprint density at radius 3 is 2.52 bits per heavy atom. The minimum atomic E-state index is -0.223. The van der Waals surface area contributed by atoms with E-state index in [0.717, 1.165) is 22.5 Å². The van der Waals surface area contributed by atoms with E-state index in [-0.39, 0.29) is 5.82 Å². The zero-order valence-corrected chi connectivity index (χ0v) is 17.9. The van der Waals surface area contributed by atoms with Crippen LogP contribution in [0.15, 0.2) is 76.2 Å². The molecule has 0 saturated heterocycles. The van der Waals surface area contributed by atoms with Crippen molar-refractivity contribution >= 4 is 11.4 Å². The van der Waals surface area contributed by atoms with Crippen LogP contribution in [-0.4, -0.2) is 11.4 Å². The topological polar surface area (TPSA) is 60.5 Å². The normalized spacial score (nSPS) is 12.2. The smallest absolute Gasteiger partial charge is 0.126 e. The average molecular weight is 393 g/mol. The highest BCUT2D eigenvalue weighted by molar-refractivity contribution is 6.08. The lowest BCUT2D eigenvalue weighted by atomic mass is 10.1. The predicted molar refractivity (Wildman–Crippen MR) is 120 cm³/mol. The van der Waals surface area contributed by atoms with Crippen molar-refractivity contribution in [1.29, 1.82) is 5.26 Å². The largest absolute Gasteiger partial charge is 0.380 e. The summed E-state index contributed by atoms with van der Waals surface area (Å²) in [5.41, 5.74) is 5.90. The Hall–Kier alpha value is -3.26. The van der Waals surface area contributed by atoms with E-state index in [2.05, 4.69) is 34.5 Å². The van der Waals surface area contributed by atoms with E-state index in [9.17, 15) is 4.39 Å². The number of halogens is 1. The molecule has 4 nitrogen and oxygen atoms in total. The van der Waals surface area contributed by atoms with Crippen LogP contribution in [0.1, 0.15) is 45.2 Å². The van der Waals surface area contributed by atoms with Crippen LogP contribution >= 0.6 is 0 Å². The molecule has 1 rings (SSSR count). The molecule has 0 saturated carbocycles. The van der Waals surface area contributed by atoms with E-state index in [1.165, 1.54) is 6.07 Å². The molecule has 0 aliphatic heterocycles. The first kappa shape index (κ1) is 23.8. The first-order valence-electron chi connectivity index (χ1n) is 9.32. The SMILES string of the molecule is C=C(C#N)C/C(C)=C/C(=N\C(C)=C\N=C(C)C)C(=C)NCc1ccc(F)c(C)c1. The molecule has 0 spiro atoms. The van der Waals surface area contributed by atoms with Gasteiger partial charge in [-0.15, -0.1) is 0 Å². The summed E-state index contributed by atoms with van der Waals surface area (Å²) in [6, 6.07) is 7.05. The summed E-state index contributed by atoms with van der Waals surface area (Å²) in [6.07, 6.45) is 4.05. The Morgan fingerprint density at radius 2 is 1.93 bits per heavy atom. The third-order valence-electron chi connectivity index (χ3n) is 3.88.